The van der Waals surface area contributed by atoms with E-state index in [1.54, 1.807) is 6.33 Å². The molecule has 1 aromatic carbocycles. The number of aromatic nitrogens is 2. The molecule has 0 atom stereocenters. The van der Waals surface area contributed by atoms with Crippen LogP contribution >= 0.6 is 0 Å². The fourth-order valence-corrected chi connectivity index (χ4v) is 1.67. The van der Waals surface area contributed by atoms with Crippen molar-refractivity contribution in [2.45, 2.75) is 25.9 Å². The van der Waals surface area contributed by atoms with Crippen molar-refractivity contribution >= 4 is 16.9 Å². The number of H-pyrrole nitrogens is 1. The lowest BCUT2D eigenvalue weighted by molar-refractivity contribution is -0.136. The Morgan fingerprint density at radius 2 is 2.28 bits per heavy atom. The standard InChI is InChI=1S/C13H17N3O2/c1-13(2,18)12(17)14-6-5-9-3-4-10-11(7-9)16-8-15-10/h3-4,7-8,18H,5-6H2,1-2H3,(H,14,17)(H,15,16). The molecule has 96 valence electrons. The quantitative estimate of drug-likeness (QED) is 0.754. The average molecular weight is 247 g/mol. The van der Waals surface area contributed by atoms with Crippen LogP contribution in [0.25, 0.3) is 11.0 Å². The van der Waals surface area contributed by atoms with Crippen LogP contribution in [0.15, 0.2) is 24.5 Å². The Hall–Kier alpha value is -1.88. The first-order valence-corrected chi connectivity index (χ1v) is 5.89. The minimum atomic E-state index is -1.33. The van der Waals surface area contributed by atoms with Crippen molar-refractivity contribution in [3.63, 3.8) is 0 Å². The molecule has 0 saturated carbocycles. The highest BCUT2D eigenvalue weighted by atomic mass is 16.3. The fourth-order valence-electron chi connectivity index (χ4n) is 1.67. The monoisotopic (exact) mass is 247 g/mol. The van der Waals surface area contributed by atoms with Crippen LogP contribution < -0.4 is 5.32 Å². The van der Waals surface area contributed by atoms with Gasteiger partial charge >= 0.3 is 0 Å². The number of carbonyl (C=O) groups is 1. The van der Waals surface area contributed by atoms with Crippen LogP contribution in [0.5, 0.6) is 0 Å². The fraction of sp³-hybridized carbons (Fsp3) is 0.385. The number of hydrogen-bond donors (Lipinski definition) is 3. The van der Waals surface area contributed by atoms with Crippen LogP contribution in [0.4, 0.5) is 0 Å². The van der Waals surface area contributed by atoms with E-state index in [-0.39, 0.29) is 5.91 Å². The number of hydrogen-bond acceptors (Lipinski definition) is 3. The number of nitrogens with one attached hydrogen (secondary N) is 2. The summed E-state index contributed by atoms with van der Waals surface area (Å²) in [7, 11) is 0. The molecule has 0 spiro atoms. The third-order valence-electron chi connectivity index (χ3n) is 2.74. The van der Waals surface area contributed by atoms with E-state index in [1.165, 1.54) is 13.8 Å². The van der Waals surface area contributed by atoms with Crippen LogP contribution in [0.3, 0.4) is 0 Å². The van der Waals surface area contributed by atoms with E-state index in [0.29, 0.717) is 6.54 Å². The van der Waals surface area contributed by atoms with Crippen LogP contribution in [-0.2, 0) is 11.2 Å². The van der Waals surface area contributed by atoms with Gasteiger partial charge in [0.25, 0.3) is 5.91 Å². The van der Waals surface area contributed by atoms with Gasteiger partial charge in [-0.05, 0) is 38.0 Å². The molecule has 0 aliphatic heterocycles. The second-order valence-electron chi connectivity index (χ2n) is 4.82. The van der Waals surface area contributed by atoms with Gasteiger partial charge in [0.15, 0.2) is 0 Å². The van der Waals surface area contributed by atoms with E-state index in [1.807, 2.05) is 18.2 Å². The summed E-state index contributed by atoms with van der Waals surface area (Å²) in [5.74, 6) is -0.356. The Morgan fingerprint density at radius 3 is 3.00 bits per heavy atom. The molecule has 5 heteroatoms. The second kappa shape index (κ2) is 4.78. The maximum atomic E-state index is 11.4. The third kappa shape index (κ3) is 2.87. The number of aromatic amines is 1. The molecule has 2 aromatic rings. The lowest BCUT2D eigenvalue weighted by atomic mass is 10.1. The predicted octanol–water partition coefficient (Wildman–Crippen LogP) is 0.992. The molecule has 3 N–H and O–H groups in total. The van der Waals surface area contributed by atoms with Crippen molar-refractivity contribution in [3.8, 4) is 0 Å². The summed E-state index contributed by atoms with van der Waals surface area (Å²) < 4.78 is 0. The van der Waals surface area contributed by atoms with Gasteiger partial charge in [-0.3, -0.25) is 4.79 Å². The summed E-state index contributed by atoms with van der Waals surface area (Å²) in [6.07, 6.45) is 2.38. The number of benzene rings is 1. The normalized spacial score (nSPS) is 11.7. The zero-order chi connectivity index (χ0) is 13.2. The zero-order valence-corrected chi connectivity index (χ0v) is 10.5. The Balaban J connectivity index is 1.92. The largest absolute Gasteiger partial charge is 0.381 e. The Labute approximate surface area is 105 Å². The molecule has 0 bridgehead atoms. The molecule has 0 fully saturated rings. The van der Waals surface area contributed by atoms with Crippen LogP contribution in [0, 0.1) is 0 Å². The van der Waals surface area contributed by atoms with E-state index in [9.17, 15) is 9.90 Å². The van der Waals surface area contributed by atoms with Gasteiger partial charge in [0, 0.05) is 6.54 Å². The molecule has 0 saturated heterocycles. The molecule has 0 radical (unpaired) electrons. The Bertz CT molecular complexity index is 555. The molecule has 1 heterocycles. The number of rotatable bonds is 4. The van der Waals surface area contributed by atoms with Crippen molar-refractivity contribution in [2.24, 2.45) is 0 Å². The number of aliphatic hydroxyl groups is 1. The highest BCUT2D eigenvalue weighted by Gasteiger charge is 2.22. The topological polar surface area (TPSA) is 78.0 Å². The van der Waals surface area contributed by atoms with Crippen molar-refractivity contribution < 1.29 is 9.90 Å². The van der Waals surface area contributed by atoms with Gasteiger partial charge < -0.3 is 15.4 Å². The number of carbonyl (C=O) groups excluding carboxylic acids is 1. The maximum absolute atomic E-state index is 11.4. The minimum Gasteiger partial charge on any atom is -0.381 e. The third-order valence-corrected chi connectivity index (χ3v) is 2.74. The minimum absolute atomic E-state index is 0.356. The van der Waals surface area contributed by atoms with Gasteiger partial charge in [-0.15, -0.1) is 0 Å². The predicted molar refractivity (Wildman–Crippen MR) is 69.1 cm³/mol. The molecule has 1 amide bonds. The van der Waals surface area contributed by atoms with E-state index < -0.39 is 5.60 Å². The molecule has 5 nitrogen and oxygen atoms in total. The highest BCUT2D eigenvalue weighted by molar-refractivity contribution is 5.83. The molecule has 2 rings (SSSR count). The summed E-state index contributed by atoms with van der Waals surface area (Å²) in [6, 6.07) is 5.94. The SMILES string of the molecule is CC(C)(O)C(=O)NCCc1ccc2nc[nH]c2c1. The average Bonchev–Trinajstić information content (AvgIpc) is 2.74. The van der Waals surface area contributed by atoms with Gasteiger partial charge in [0.1, 0.15) is 5.60 Å². The van der Waals surface area contributed by atoms with Crippen molar-refractivity contribution in [3.05, 3.63) is 30.1 Å². The van der Waals surface area contributed by atoms with E-state index in [4.69, 9.17) is 0 Å². The zero-order valence-electron chi connectivity index (χ0n) is 10.5. The first-order chi connectivity index (χ1) is 8.47. The summed E-state index contributed by atoms with van der Waals surface area (Å²) >= 11 is 0. The van der Waals surface area contributed by atoms with Gasteiger partial charge in [-0.25, -0.2) is 4.98 Å². The van der Waals surface area contributed by atoms with Crippen LogP contribution in [0.2, 0.25) is 0 Å². The number of amides is 1. The van der Waals surface area contributed by atoms with Gasteiger partial charge in [-0.1, -0.05) is 6.07 Å². The van der Waals surface area contributed by atoms with Crippen LogP contribution in [0.1, 0.15) is 19.4 Å². The Morgan fingerprint density at radius 1 is 1.50 bits per heavy atom. The molecule has 0 aliphatic carbocycles. The smallest absolute Gasteiger partial charge is 0.251 e. The number of imidazole rings is 1. The lowest BCUT2D eigenvalue weighted by Gasteiger charge is -2.16. The molecule has 1 aromatic heterocycles. The summed E-state index contributed by atoms with van der Waals surface area (Å²) in [5, 5.41) is 12.2. The number of fused-ring (bicyclic) bond motifs is 1. The van der Waals surface area contributed by atoms with Gasteiger partial charge in [0.05, 0.1) is 17.4 Å². The van der Waals surface area contributed by atoms with Crippen molar-refractivity contribution in [2.75, 3.05) is 6.54 Å². The molecule has 0 aliphatic rings. The van der Waals surface area contributed by atoms with Crippen molar-refractivity contribution in [1.82, 2.24) is 15.3 Å². The molecular formula is C13H17N3O2. The lowest BCUT2D eigenvalue weighted by Crippen LogP contribution is -2.42. The molecular weight excluding hydrogens is 230 g/mol. The molecule has 0 unspecified atom stereocenters. The first-order valence-electron chi connectivity index (χ1n) is 5.89. The summed E-state index contributed by atoms with van der Waals surface area (Å²) in [6.45, 7) is 3.44. The Kier molecular flexibility index (Phi) is 3.34. The van der Waals surface area contributed by atoms with E-state index >= 15 is 0 Å². The highest BCUT2D eigenvalue weighted by Crippen LogP contribution is 2.11. The molecule has 18 heavy (non-hydrogen) atoms. The van der Waals surface area contributed by atoms with E-state index in [2.05, 4.69) is 15.3 Å². The van der Waals surface area contributed by atoms with E-state index in [0.717, 1.165) is 23.0 Å². The van der Waals surface area contributed by atoms with Crippen molar-refractivity contribution in [1.29, 1.82) is 0 Å². The second-order valence-corrected chi connectivity index (χ2v) is 4.82. The number of nitrogens with zero attached hydrogens (tertiary/aromatic N) is 1. The summed E-state index contributed by atoms with van der Waals surface area (Å²) in [5.41, 5.74) is 1.70. The van der Waals surface area contributed by atoms with Gasteiger partial charge in [0.2, 0.25) is 0 Å². The van der Waals surface area contributed by atoms with Crippen LogP contribution in [-0.4, -0.2) is 33.1 Å². The summed E-state index contributed by atoms with van der Waals surface area (Å²) in [4.78, 5) is 18.6. The van der Waals surface area contributed by atoms with Gasteiger partial charge in [-0.2, -0.15) is 0 Å². The maximum Gasteiger partial charge on any atom is 0.251 e. The first kappa shape index (κ1) is 12.6.